The number of amides is 1. The van der Waals surface area contributed by atoms with Gasteiger partial charge in [0.15, 0.2) is 5.82 Å². The number of tetrazole rings is 1. The summed E-state index contributed by atoms with van der Waals surface area (Å²) in [5.41, 5.74) is 1.76. The Morgan fingerprint density at radius 2 is 1.81 bits per heavy atom. The van der Waals surface area contributed by atoms with Gasteiger partial charge >= 0.3 is 0 Å². The van der Waals surface area contributed by atoms with Gasteiger partial charge in [0.2, 0.25) is 0 Å². The lowest BCUT2D eigenvalue weighted by molar-refractivity contribution is 0.0929. The smallest absolute Gasteiger partial charge is 0.254 e. The van der Waals surface area contributed by atoms with Gasteiger partial charge in [-0.15, -0.1) is 0 Å². The SMILES string of the molecule is O=C(NC1CN(c2nnnn2-c2ccccc2)C1)c1cnc(-c2cccc(F)c2)nc1. The lowest BCUT2D eigenvalue weighted by atomic mass is 10.1. The highest BCUT2D eigenvalue weighted by Crippen LogP contribution is 2.21. The van der Waals surface area contributed by atoms with Gasteiger partial charge in [-0.3, -0.25) is 4.79 Å². The van der Waals surface area contributed by atoms with Crippen LogP contribution in [0.25, 0.3) is 17.1 Å². The second-order valence-corrected chi connectivity index (χ2v) is 7.11. The summed E-state index contributed by atoms with van der Waals surface area (Å²) in [6, 6.07) is 15.6. The van der Waals surface area contributed by atoms with Crippen molar-refractivity contribution in [3.63, 3.8) is 0 Å². The largest absolute Gasteiger partial charge is 0.346 e. The zero-order valence-electron chi connectivity index (χ0n) is 16.3. The lowest BCUT2D eigenvalue weighted by Gasteiger charge is -2.39. The van der Waals surface area contributed by atoms with Gasteiger partial charge < -0.3 is 10.2 Å². The van der Waals surface area contributed by atoms with E-state index in [1.165, 1.54) is 24.5 Å². The molecular formula is C21H17FN8O. The highest BCUT2D eigenvalue weighted by Gasteiger charge is 2.32. The molecular weight excluding hydrogens is 399 g/mol. The Labute approximate surface area is 176 Å². The van der Waals surface area contributed by atoms with E-state index in [2.05, 4.69) is 30.8 Å². The van der Waals surface area contributed by atoms with Gasteiger partial charge in [0.25, 0.3) is 11.9 Å². The van der Waals surface area contributed by atoms with E-state index in [9.17, 15) is 9.18 Å². The van der Waals surface area contributed by atoms with Crippen LogP contribution in [0, 0.1) is 5.82 Å². The van der Waals surface area contributed by atoms with Crippen LogP contribution < -0.4 is 10.2 Å². The number of benzene rings is 2. The van der Waals surface area contributed by atoms with Gasteiger partial charge in [0, 0.05) is 31.0 Å². The second kappa shape index (κ2) is 7.90. The number of rotatable bonds is 5. The molecule has 1 aliphatic rings. The number of nitrogens with zero attached hydrogens (tertiary/aromatic N) is 7. The maximum atomic E-state index is 13.4. The fourth-order valence-electron chi connectivity index (χ4n) is 3.34. The number of anilines is 1. The molecule has 2 aromatic heterocycles. The minimum Gasteiger partial charge on any atom is -0.346 e. The van der Waals surface area contributed by atoms with Crippen LogP contribution >= 0.6 is 0 Å². The maximum absolute atomic E-state index is 13.4. The van der Waals surface area contributed by atoms with Gasteiger partial charge in [0.1, 0.15) is 5.82 Å². The first-order chi connectivity index (χ1) is 15.2. The van der Waals surface area contributed by atoms with Crippen molar-refractivity contribution in [2.75, 3.05) is 18.0 Å². The monoisotopic (exact) mass is 416 g/mol. The Kier molecular flexibility index (Phi) is 4.79. The topological polar surface area (TPSA) is 102 Å². The maximum Gasteiger partial charge on any atom is 0.254 e. The summed E-state index contributed by atoms with van der Waals surface area (Å²) in [6.07, 6.45) is 2.88. The summed E-state index contributed by atoms with van der Waals surface area (Å²) in [5.74, 6) is 0.354. The number of hydrogen-bond donors (Lipinski definition) is 1. The third-order valence-corrected chi connectivity index (χ3v) is 4.95. The van der Waals surface area contributed by atoms with Crippen molar-refractivity contribution in [3.8, 4) is 17.1 Å². The van der Waals surface area contributed by atoms with E-state index in [-0.39, 0.29) is 17.8 Å². The Balaban J connectivity index is 1.20. The Bertz CT molecular complexity index is 1210. The van der Waals surface area contributed by atoms with Gasteiger partial charge in [-0.1, -0.05) is 35.4 Å². The molecule has 1 N–H and O–H groups in total. The van der Waals surface area contributed by atoms with Crippen molar-refractivity contribution >= 4 is 11.9 Å². The zero-order valence-corrected chi connectivity index (χ0v) is 16.3. The minimum absolute atomic E-state index is 0.0451. The molecule has 31 heavy (non-hydrogen) atoms. The number of aromatic nitrogens is 6. The molecule has 0 spiro atoms. The summed E-state index contributed by atoms with van der Waals surface area (Å²) in [5, 5.41) is 14.9. The van der Waals surface area contributed by atoms with E-state index >= 15 is 0 Å². The van der Waals surface area contributed by atoms with E-state index in [1.807, 2.05) is 35.2 Å². The van der Waals surface area contributed by atoms with E-state index < -0.39 is 0 Å². The number of para-hydroxylation sites is 1. The van der Waals surface area contributed by atoms with Crippen molar-refractivity contribution < 1.29 is 9.18 Å². The van der Waals surface area contributed by atoms with Crippen LogP contribution in [0.2, 0.25) is 0 Å². The molecule has 0 bridgehead atoms. The molecule has 0 unspecified atom stereocenters. The molecule has 0 saturated carbocycles. The molecule has 4 aromatic rings. The van der Waals surface area contributed by atoms with Crippen LogP contribution in [-0.2, 0) is 0 Å². The quantitative estimate of drug-likeness (QED) is 0.530. The van der Waals surface area contributed by atoms with Crippen LogP contribution in [0.4, 0.5) is 10.3 Å². The number of nitrogens with one attached hydrogen (secondary N) is 1. The average molecular weight is 416 g/mol. The fourth-order valence-corrected chi connectivity index (χ4v) is 3.34. The number of carbonyl (C=O) groups is 1. The van der Waals surface area contributed by atoms with E-state index in [4.69, 9.17) is 0 Å². The molecule has 0 radical (unpaired) electrons. The van der Waals surface area contributed by atoms with Gasteiger partial charge in [-0.25, -0.2) is 14.4 Å². The third kappa shape index (κ3) is 3.82. The summed E-state index contributed by atoms with van der Waals surface area (Å²) in [7, 11) is 0. The highest BCUT2D eigenvalue weighted by atomic mass is 19.1. The average Bonchev–Trinajstić information content (AvgIpc) is 3.26. The lowest BCUT2D eigenvalue weighted by Crippen LogP contribution is -2.60. The Hall–Kier alpha value is -4.21. The van der Waals surface area contributed by atoms with Crippen molar-refractivity contribution in [2.45, 2.75) is 6.04 Å². The van der Waals surface area contributed by atoms with Gasteiger partial charge in [0.05, 0.1) is 17.3 Å². The molecule has 3 heterocycles. The van der Waals surface area contributed by atoms with Crippen LogP contribution in [0.3, 0.4) is 0 Å². The molecule has 0 atom stereocenters. The Morgan fingerprint density at radius 1 is 1.03 bits per heavy atom. The van der Waals surface area contributed by atoms with E-state index in [0.717, 1.165) is 5.69 Å². The van der Waals surface area contributed by atoms with Crippen molar-refractivity contribution in [3.05, 3.63) is 78.4 Å². The summed E-state index contributed by atoms with van der Waals surface area (Å²) in [4.78, 5) is 22.9. The van der Waals surface area contributed by atoms with E-state index in [1.54, 1.807) is 16.8 Å². The van der Waals surface area contributed by atoms with E-state index in [0.29, 0.717) is 36.0 Å². The molecule has 5 rings (SSSR count). The first-order valence-corrected chi connectivity index (χ1v) is 9.65. The molecule has 1 fully saturated rings. The zero-order chi connectivity index (χ0) is 21.2. The number of carbonyl (C=O) groups excluding carboxylic acids is 1. The molecule has 0 aliphatic carbocycles. The molecule has 9 nitrogen and oxygen atoms in total. The molecule has 1 aliphatic heterocycles. The van der Waals surface area contributed by atoms with Gasteiger partial charge in [-0.2, -0.15) is 4.68 Å². The standard InChI is InChI=1S/C21H17FN8O/c22-16-6-4-5-14(9-16)19-23-10-15(11-24-19)20(31)25-17-12-29(13-17)21-26-27-28-30(21)18-7-2-1-3-8-18/h1-11,17H,12-13H2,(H,25,31). The predicted octanol–water partition coefficient (Wildman–Crippen LogP) is 1.88. The normalized spacial score (nSPS) is 13.6. The van der Waals surface area contributed by atoms with Gasteiger partial charge in [-0.05, 0) is 34.7 Å². The molecule has 154 valence electrons. The van der Waals surface area contributed by atoms with Crippen LogP contribution in [-0.4, -0.2) is 55.2 Å². The van der Waals surface area contributed by atoms with Crippen LogP contribution in [0.15, 0.2) is 67.0 Å². The molecule has 1 saturated heterocycles. The van der Waals surface area contributed by atoms with Crippen molar-refractivity contribution in [1.29, 1.82) is 0 Å². The Morgan fingerprint density at radius 3 is 2.55 bits per heavy atom. The molecule has 1 amide bonds. The van der Waals surface area contributed by atoms with Crippen molar-refractivity contribution in [1.82, 2.24) is 35.5 Å². The van der Waals surface area contributed by atoms with Crippen molar-refractivity contribution in [2.24, 2.45) is 0 Å². The number of halogens is 1. The number of hydrogen-bond acceptors (Lipinski definition) is 7. The first kappa shape index (κ1) is 18.8. The molecule has 10 heteroatoms. The summed E-state index contributed by atoms with van der Waals surface area (Å²) in [6.45, 7) is 1.17. The van der Waals surface area contributed by atoms with Crippen LogP contribution in [0.5, 0.6) is 0 Å². The minimum atomic E-state index is -0.365. The fraction of sp³-hybridized carbons (Fsp3) is 0.143. The predicted molar refractivity (Wildman–Crippen MR) is 110 cm³/mol. The first-order valence-electron chi connectivity index (χ1n) is 9.65. The third-order valence-electron chi connectivity index (χ3n) is 4.95. The summed E-state index contributed by atoms with van der Waals surface area (Å²) < 4.78 is 15.0. The summed E-state index contributed by atoms with van der Waals surface area (Å²) >= 11 is 0. The second-order valence-electron chi connectivity index (χ2n) is 7.11. The molecule has 2 aromatic carbocycles. The highest BCUT2D eigenvalue weighted by molar-refractivity contribution is 5.94. The van der Waals surface area contributed by atoms with Crippen LogP contribution in [0.1, 0.15) is 10.4 Å².